The first-order chi connectivity index (χ1) is 13.2. The molecule has 0 saturated heterocycles. The summed E-state index contributed by atoms with van der Waals surface area (Å²) >= 11 is 3.36. The van der Waals surface area contributed by atoms with E-state index >= 15 is 0 Å². The number of rotatable bonds is 6. The summed E-state index contributed by atoms with van der Waals surface area (Å²) in [6, 6.07) is 13.7. The summed E-state index contributed by atoms with van der Waals surface area (Å²) < 4.78 is 0. The van der Waals surface area contributed by atoms with Gasteiger partial charge < -0.3 is 5.32 Å². The van der Waals surface area contributed by atoms with Crippen LogP contribution in [0.15, 0.2) is 54.0 Å². The number of carbonyl (C=O) groups excluding carboxylic acids is 1. The van der Waals surface area contributed by atoms with Gasteiger partial charge >= 0.3 is 0 Å². The Morgan fingerprint density at radius 2 is 2.04 bits per heavy atom. The van der Waals surface area contributed by atoms with Crippen molar-refractivity contribution in [2.75, 3.05) is 6.54 Å². The second-order valence-electron chi connectivity index (χ2n) is 5.88. The van der Waals surface area contributed by atoms with E-state index in [1.165, 1.54) is 15.9 Å². The average Bonchev–Trinajstić information content (AvgIpc) is 3.43. The summed E-state index contributed by atoms with van der Waals surface area (Å²) in [6.07, 6.45) is 2.25. The van der Waals surface area contributed by atoms with Crippen molar-refractivity contribution in [1.82, 2.24) is 25.3 Å². The molecule has 0 spiro atoms. The van der Waals surface area contributed by atoms with Gasteiger partial charge in [0.05, 0.1) is 27.5 Å². The third-order valence-corrected chi connectivity index (χ3v) is 5.84. The minimum absolute atomic E-state index is 0.218. The zero-order chi connectivity index (χ0) is 18.6. The molecular formula is C19H17N5OS2. The molecule has 0 unspecified atom stereocenters. The van der Waals surface area contributed by atoms with Gasteiger partial charge in [0.1, 0.15) is 0 Å². The van der Waals surface area contributed by atoms with Gasteiger partial charge in [0.25, 0.3) is 5.91 Å². The summed E-state index contributed by atoms with van der Waals surface area (Å²) in [5.41, 5.74) is 2.15. The highest BCUT2D eigenvalue weighted by Crippen LogP contribution is 2.29. The molecule has 27 heavy (non-hydrogen) atoms. The van der Waals surface area contributed by atoms with Crippen LogP contribution in [-0.2, 0) is 6.42 Å². The molecule has 0 radical (unpaired) electrons. The predicted octanol–water partition coefficient (Wildman–Crippen LogP) is 3.73. The molecule has 4 rings (SSSR count). The lowest BCUT2D eigenvalue weighted by Gasteiger charge is -2.01. The SMILES string of the molecule is Cc1nc(-c2ccc(CCNC(=O)c3cnn(-c4ccccc4)n3)s2)cs1. The number of hydrogen-bond acceptors (Lipinski definition) is 6. The number of aromatic nitrogens is 4. The van der Waals surface area contributed by atoms with Crippen molar-refractivity contribution in [3.05, 3.63) is 69.6 Å². The Morgan fingerprint density at radius 3 is 2.81 bits per heavy atom. The Morgan fingerprint density at radius 1 is 1.19 bits per heavy atom. The summed E-state index contributed by atoms with van der Waals surface area (Å²) in [5.74, 6) is -0.218. The standard InChI is InChI=1S/C19H17N5OS2/c1-13-22-17(12-26-13)18-8-7-15(27-18)9-10-20-19(25)16-11-21-24(23-16)14-5-3-2-4-6-14/h2-8,11-12H,9-10H2,1H3,(H,20,25). The van der Waals surface area contributed by atoms with Crippen LogP contribution in [0.4, 0.5) is 0 Å². The smallest absolute Gasteiger partial charge is 0.273 e. The molecule has 136 valence electrons. The van der Waals surface area contributed by atoms with Gasteiger partial charge in [0, 0.05) is 16.8 Å². The van der Waals surface area contributed by atoms with Gasteiger partial charge in [-0.1, -0.05) is 18.2 Å². The van der Waals surface area contributed by atoms with Crippen LogP contribution in [0.3, 0.4) is 0 Å². The fourth-order valence-corrected chi connectivity index (χ4v) is 4.22. The molecule has 1 N–H and O–H groups in total. The Labute approximate surface area is 164 Å². The first-order valence-corrected chi connectivity index (χ1v) is 10.2. The van der Waals surface area contributed by atoms with Crippen LogP contribution in [0.5, 0.6) is 0 Å². The molecule has 0 bridgehead atoms. The van der Waals surface area contributed by atoms with Gasteiger partial charge in [0.15, 0.2) is 5.69 Å². The molecular weight excluding hydrogens is 378 g/mol. The number of aryl methyl sites for hydroxylation is 1. The number of carbonyl (C=O) groups is 1. The van der Waals surface area contributed by atoms with Gasteiger partial charge in [-0.3, -0.25) is 4.79 Å². The first kappa shape index (κ1) is 17.6. The molecule has 1 amide bonds. The van der Waals surface area contributed by atoms with Gasteiger partial charge in [-0.25, -0.2) is 4.98 Å². The Bertz CT molecular complexity index is 1050. The quantitative estimate of drug-likeness (QED) is 0.540. The van der Waals surface area contributed by atoms with E-state index < -0.39 is 0 Å². The van der Waals surface area contributed by atoms with Crippen LogP contribution in [0.1, 0.15) is 20.4 Å². The minimum Gasteiger partial charge on any atom is -0.350 e. The van der Waals surface area contributed by atoms with E-state index in [4.69, 9.17) is 0 Å². The van der Waals surface area contributed by atoms with Gasteiger partial charge in [-0.15, -0.1) is 27.8 Å². The van der Waals surface area contributed by atoms with Crippen LogP contribution < -0.4 is 5.32 Å². The number of benzene rings is 1. The summed E-state index contributed by atoms with van der Waals surface area (Å²) in [7, 11) is 0. The summed E-state index contributed by atoms with van der Waals surface area (Å²) in [5, 5.41) is 14.4. The fourth-order valence-electron chi connectivity index (χ4n) is 2.57. The largest absolute Gasteiger partial charge is 0.350 e. The van der Waals surface area contributed by atoms with Gasteiger partial charge in [-0.05, 0) is 37.6 Å². The second-order valence-corrected chi connectivity index (χ2v) is 8.11. The average molecular weight is 396 g/mol. The van der Waals surface area contributed by atoms with E-state index in [2.05, 4.69) is 38.0 Å². The molecule has 8 heteroatoms. The van der Waals surface area contributed by atoms with Crippen LogP contribution >= 0.6 is 22.7 Å². The van der Waals surface area contributed by atoms with Crippen molar-refractivity contribution in [1.29, 1.82) is 0 Å². The van der Waals surface area contributed by atoms with E-state index in [-0.39, 0.29) is 5.91 Å². The van der Waals surface area contributed by atoms with Crippen LogP contribution in [0, 0.1) is 6.92 Å². The Hall–Kier alpha value is -2.84. The van der Waals surface area contributed by atoms with E-state index in [0.29, 0.717) is 12.2 Å². The van der Waals surface area contributed by atoms with E-state index in [9.17, 15) is 4.79 Å². The summed E-state index contributed by atoms with van der Waals surface area (Å²) in [4.78, 5) is 20.6. The van der Waals surface area contributed by atoms with Crippen molar-refractivity contribution < 1.29 is 4.79 Å². The van der Waals surface area contributed by atoms with E-state index in [1.54, 1.807) is 22.7 Å². The molecule has 0 fully saturated rings. The third kappa shape index (κ3) is 4.12. The number of nitrogens with zero attached hydrogens (tertiary/aromatic N) is 4. The van der Waals surface area contributed by atoms with Crippen molar-refractivity contribution in [2.45, 2.75) is 13.3 Å². The van der Waals surface area contributed by atoms with Gasteiger partial charge in [0.2, 0.25) is 0 Å². The topological polar surface area (TPSA) is 72.7 Å². The fraction of sp³-hybridized carbons (Fsp3) is 0.158. The Balaban J connectivity index is 1.32. The highest BCUT2D eigenvalue weighted by molar-refractivity contribution is 7.16. The maximum atomic E-state index is 12.3. The molecule has 0 aliphatic heterocycles. The number of hydrogen-bond donors (Lipinski definition) is 1. The Kier molecular flexibility index (Phi) is 5.08. The third-order valence-electron chi connectivity index (χ3n) is 3.90. The zero-order valence-corrected chi connectivity index (χ0v) is 16.3. The molecule has 0 saturated carbocycles. The second kappa shape index (κ2) is 7.81. The van der Waals surface area contributed by atoms with Crippen molar-refractivity contribution in [2.24, 2.45) is 0 Å². The minimum atomic E-state index is -0.218. The van der Waals surface area contributed by atoms with Crippen LogP contribution in [0.2, 0.25) is 0 Å². The molecule has 3 aromatic heterocycles. The molecule has 6 nitrogen and oxygen atoms in total. The lowest BCUT2D eigenvalue weighted by atomic mass is 10.3. The van der Waals surface area contributed by atoms with Crippen LogP contribution in [-0.4, -0.2) is 32.4 Å². The van der Waals surface area contributed by atoms with Crippen molar-refractivity contribution in [3.8, 4) is 16.3 Å². The van der Waals surface area contributed by atoms with E-state index in [1.807, 2.05) is 37.3 Å². The molecule has 0 aliphatic carbocycles. The maximum absolute atomic E-state index is 12.3. The predicted molar refractivity (Wildman–Crippen MR) is 108 cm³/mol. The summed E-state index contributed by atoms with van der Waals surface area (Å²) in [6.45, 7) is 2.55. The lowest BCUT2D eigenvalue weighted by molar-refractivity contribution is 0.0949. The number of amides is 1. The molecule has 3 heterocycles. The normalized spacial score (nSPS) is 10.9. The number of thiazole rings is 1. The van der Waals surface area contributed by atoms with E-state index in [0.717, 1.165) is 27.7 Å². The van der Waals surface area contributed by atoms with Crippen LogP contribution in [0.25, 0.3) is 16.3 Å². The first-order valence-electron chi connectivity index (χ1n) is 8.46. The number of nitrogens with one attached hydrogen (secondary N) is 1. The lowest BCUT2D eigenvalue weighted by Crippen LogP contribution is -2.26. The van der Waals surface area contributed by atoms with Crippen molar-refractivity contribution >= 4 is 28.6 Å². The number of para-hydroxylation sites is 1. The van der Waals surface area contributed by atoms with Gasteiger partial charge in [-0.2, -0.15) is 9.90 Å². The molecule has 0 atom stereocenters. The highest BCUT2D eigenvalue weighted by atomic mass is 32.1. The monoisotopic (exact) mass is 395 g/mol. The maximum Gasteiger partial charge on any atom is 0.273 e. The van der Waals surface area contributed by atoms with Crippen molar-refractivity contribution in [3.63, 3.8) is 0 Å². The molecule has 4 aromatic rings. The zero-order valence-electron chi connectivity index (χ0n) is 14.6. The highest BCUT2D eigenvalue weighted by Gasteiger charge is 2.11. The molecule has 0 aliphatic rings. The molecule has 1 aromatic carbocycles. The number of thiophene rings is 1.